The zero-order valence-electron chi connectivity index (χ0n) is 9.91. The highest BCUT2D eigenvalue weighted by Crippen LogP contribution is 2.00. The number of thiocarbonyl (C=S) groups is 1. The second-order valence-corrected chi connectivity index (χ2v) is 4.68. The SMILES string of the molecule is CC(C)NC(=O)CN(C)C(C)CC(N)=S. The Morgan fingerprint density at radius 2 is 2.00 bits per heavy atom. The van der Waals surface area contributed by atoms with Crippen LogP contribution in [0.15, 0.2) is 0 Å². The Kier molecular flexibility index (Phi) is 6.43. The van der Waals surface area contributed by atoms with Crippen LogP contribution in [0.1, 0.15) is 27.2 Å². The van der Waals surface area contributed by atoms with Gasteiger partial charge in [0, 0.05) is 18.5 Å². The lowest BCUT2D eigenvalue weighted by atomic mass is 10.2. The highest BCUT2D eigenvalue weighted by atomic mass is 32.1. The topological polar surface area (TPSA) is 58.4 Å². The molecule has 3 N–H and O–H groups in total. The van der Waals surface area contributed by atoms with Crippen LogP contribution >= 0.6 is 12.2 Å². The molecule has 0 saturated heterocycles. The summed E-state index contributed by atoms with van der Waals surface area (Å²) < 4.78 is 0. The van der Waals surface area contributed by atoms with E-state index in [1.165, 1.54) is 0 Å². The Bertz CT molecular complexity index is 231. The van der Waals surface area contributed by atoms with Crippen molar-refractivity contribution in [3.63, 3.8) is 0 Å². The van der Waals surface area contributed by atoms with Crippen LogP contribution in [0.4, 0.5) is 0 Å². The molecule has 1 amide bonds. The molecule has 0 aromatic carbocycles. The number of hydrogen-bond acceptors (Lipinski definition) is 3. The molecule has 0 aliphatic heterocycles. The minimum atomic E-state index is 0.0299. The van der Waals surface area contributed by atoms with Crippen molar-refractivity contribution in [2.45, 2.75) is 39.3 Å². The first kappa shape index (κ1) is 14.3. The van der Waals surface area contributed by atoms with Crippen molar-refractivity contribution in [3.05, 3.63) is 0 Å². The van der Waals surface area contributed by atoms with Crippen molar-refractivity contribution in [2.75, 3.05) is 13.6 Å². The third kappa shape index (κ3) is 7.27. The van der Waals surface area contributed by atoms with E-state index in [0.717, 1.165) is 0 Å². The van der Waals surface area contributed by atoms with Crippen LogP contribution < -0.4 is 11.1 Å². The lowest BCUT2D eigenvalue weighted by Gasteiger charge is -2.24. The normalized spacial score (nSPS) is 12.9. The molecule has 0 aromatic rings. The fourth-order valence-electron chi connectivity index (χ4n) is 1.20. The molecule has 5 heteroatoms. The summed E-state index contributed by atoms with van der Waals surface area (Å²) in [6.07, 6.45) is 0.640. The molecule has 4 nitrogen and oxygen atoms in total. The molecule has 1 atom stereocenters. The second-order valence-electron chi connectivity index (χ2n) is 4.16. The molecule has 1 unspecified atom stereocenters. The van der Waals surface area contributed by atoms with E-state index in [1.807, 2.05) is 32.7 Å². The summed E-state index contributed by atoms with van der Waals surface area (Å²) in [5.41, 5.74) is 5.45. The maximum atomic E-state index is 11.4. The van der Waals surface area contributed by atoms with Crippen LogP contribution in [-0.2, 0) is 4.79 Å². The van der Waals surface area contributed by atoms with E-state index < -0.39 is 0 Å². The van der Waals surface area contributed by atoms with Crippen molar-refractivity contribution in [3.8, 4) is 0 Å². The van der Waals surface area contributed by atoms with Crippen molar-refractivity contribution in [1.29, 1.82) is 0 Å². The fourth-order valence-corrected chi connectivity index (χ4v) is 1.44. The van der Waals surface area contributed by atoms with Gasteiger partial charge in [-0.25, -0.2) is 0 Å². The molecule has 0 aliphatic carbocycles. The fraction of sp³-hybridized carbons (Fsp3) is 0.800. The number of carbonyl (C=O) groups excluding carboxylic acids is 1. The summed E-state index contributed by atoms with van der Waals surface area (Å²) in [6.45, 7) is 6.26. The number of nitrogens with zero attached hydrogens (tertiary/aromatic N) is 1. The van der Waals surface area contributed by atoms with Crippen molar-refractivity contribution in [2.24, 2.45) is 5.73 Å². The van der Waals surface area contributed by atoms with Crippen molar-refractivity contribution in [1.82, 2.24) is 10.2 Å². The minimum absolute atomic E-state index is 0.0299. The highest BCUT2D eigenvalue weighted by Gasteiger charge is 2.13. The standard InChI is InChI=1S/C10H21N3OS/c1-7(2)12-10(14)6-13(4)8(3)5-9(11)15/h7-8H,5-6H2,1-4H3,(H2,11,15)(H,12,14). The summed E-state index contributed by atoms with van der Waals surface area (Å²) in [7, 11) is 1.89. The predicted octanol–water partition coefficient (Wildman–Crippen LogP) is 0.508. The van der Waals surface area contributed by atoms with Gasteiger partial charge in [-0.15, -0.1) is 0 Å². The van der Waals surface area contributed by atoms with Gasteiger partial charge in [0.2, 0.25) is 5.91 Å². The molecule has 0 aliphatic rings. The molecule has 0 aromatic heterocycles. The van der Waals surface area contributed by atoms with Crippen LogP contribution in [0.5, 0.6) is 0 Å². The first-order valence-corrected chi connectivity index (χ1v) is 5.51. The van der Waals surface area contributed by atoms with E-state index in [0.29, 0.717) is 18.0 Å². The molecular weight excluding hydrogens is 210 g/mol. The van der Waals surface area contributed by atoms with E-state index >= 15 is 0 Å². The largest absolute Gasteiger partial charge is 0.393 e. The number of likely N-dealkylation sites (N-methyl/N-ethyl adjacent to an activating group) is 1. The number of hydrogen-bond donors (Lipinski definition) is 2. The minimum Gasteiger partial charge on any atom is -0.393 e. The van der Waals surface area contributed by atoms with Gasteiger partial charge in [-0.05, 0) is 27.8 Å². The van der Waals surface area contributed by atoms with Crippen LogP contribution in [0.25, 0.3) is 0 Å². The zero-order chi connectivity index (χ0) is 12.0. The van der Waals surface area contributed by atoms with E-state index in [2.05, 4.69) is 5.32 Å². The van der Waals surface area contributed by atoms with Crippen molar-refractivity contribution < 1.29 is 4.79 Å². The molecule has 88 valence electrons. The number of rotatable bonds is 6. The van der Waals surface area contributed by atoms with Gasteiger partial charge in [-0.3, -0.25) is 9.69 Å². The van der Waals surface area contributed by atoms with Gasteiger partial charge in [0.05, 0.1) is 11.5 Å². The van der Waals surface area contributed by atoms with Gasteiger partial charge in [-0.1, -0.05) is 12.2 Å². The number of amides is 1. The van der Waals surface area contributed by atoms with E-state index in [-0.39, 0.29) is 18.0 Å². The molecule has 0 spiro atoms. The number of nitrogens with two attached hydrogens (primary N) is 1. The third-order valence-electron chi connectivity index (χ3n) is 2.09. The Balaban J connectivity index is 3.95. The lowest BCUT2D eigenvalue weighted by molar-refractivity contribution is -0.122. The number of carbonyl (C=O) groups is 1. The summed E-state index contributed by atoms with van der Waals surface area (Å²) in [5, 5.41) is 2.84. The summed E-state index contributed by atoms with van der Waals surface area (Å²) in [4.78, 5) is 13.9. The highest BCUT2D eigenvalue weighted by molar-refractivity contribution is 7.80. The first-order chi connectivity index (χ1) is 6.82. The molecule has 15 heavy (non-hydrogen) atoms. The Morgan fingerprint density at radius 1 is 1.47 bits per heavy atom. The molecule has 0 saturated carbocycles. The lowest BCUT2D eigenvalue weighted by Crippen LogP contribution is -2.42. The number of nitrogens with one attached hydrogen (secondary N) is 1. The van der Waals surface area contributed by atoms with Crippen LogP contribution in [0, 0.1) is 0 Å². The Labute approximate surface area is 97.2 Å². The van der Waals surface area contributed by atoms with E-state index in [9.17, 15) is 4.79 Å². The van der Waals surface area contributed by atoms with E-state index in [4.69, 9.17) is 18.0 Å². The van der Waals surface area contributed by atoms with Crippen LogP contribution in [0.2, 0.25) is 0 Å². The molecule has 0 heterocycles. The monoisotopic (exact) mass is 231 g/mol. The molecule has 0 bridgehead atoms. The van der Waals surface area contributed by atoms with Gasteiger partial charge >= 0.3 is 0 Å². The molecule has 0 radical (unpaired) electrons. The quantitative estimate of drug-likeness (QED) is 0.654. The van der Waals surface area contributed by atoms with Gasteiger partial charge in [0.25, 0.3) is 0 Å². The third-order valence-corrected chi connectivity index (χ3v) is 2.26. The zero-order valence-corrected chi connectivity index (χ0v) is 10.7. The van der Waals surface area contributed by atoms with Gasteiger partial charge in [0.15, 0.2) is 0 Å². The molecule has 0 rings (SSSR count). The average molecular weight is 231 g/mol. The van der Waals surface area contributed by atoms with Gasteiger partial charge in [-0.2, -0.15) is 0 Å². The first-order valence-electron chi connectivity index (χ1n) is 5.10. The summed E-state index contributed by atoms with van der Waals surface area (Å²) in [6, 6.07) is 0.372. The summed E-state index contributed by atoms with van der Waals surface area (Å²) in [5.74, 6) is 0.0299. The molecule has 0 fully saturated rings. The van der Waals surface area contributed by atoms with Crippen molar-refractivity contribution >= 4 is 23.1 Å². The maximum Gasteiger partial charge on any atom is 0.234 e. The van der Waals surface area contributed by atoms with Gasteiger partial charge < -0.3 is 11.1 Å². The summed E-state index contributed by atoms with van der Waals surface area (Å²) >= 11 is 4.83. The molecular formula is C10H21N3OS. The van der Waals surface area contributed by atoms with Gasteiger partial charge in [0.1, 0.15) is 0 Å². The maximum absolute atomic E-state index is 11.4. The smallest absolute Gasteiger partial charge is 0.234 e. The Morgan fingerprint density at radius 3 is 2.40 bits per heavy atom. The van der Waals surface area contributed by atoms with E-state index in [1.54, 1.807) is 0 Å². The van der Waals surface area contributed by atoms with Crippen LogP contribution in [0.3, 0.4) is 0 Å². The average Bonchev–Trinajstić information content (AvgIpc) is 2.00. The second kappa shape index (κ2) is 6.74. The Hall–Kier alpha value is -0.680. The van der Waals surface area contributed by atoms with Crippen LogP contribution in [-0.4, -0.2) is 41.5 Å². The predicted molar refractivity (Wildman–Crippen MR) is 66.8 cm³/mol.